The zero-order chi connectivity index (χ0) is 14.8. The van der Waals surface area contributed by atoms with Crippen molar-refractivity contribution < 1.29 is 19.2 Å². The third-order valence-corrected chi connectivity index (χ3v) is 3.51. The molecule has 0 bridgehead atoms. The van der Waals surface area contributed by atoms with Crippen LogP contribution in [0.25, 0.3) is 6.08 Å². The van der Waals surface area contributed by atoms with Gasteiger partial charge in [0.25, 0.3) is 5.69 Å². The van der Waals surface area contributed by atoms with Gasteiger partial charge in [-0.15, -0.1) is 0 Å². The molecule has 0 N–H and O–H groups in total. The van der Waals surface area contributed by atoms with Gasteiger partial charge in [-0.3, -0.25) is 14.9 Å². The van der Waals surface area contributed by atoms with Crippen LogP contribution in [0, 0.1) is 10.1 Å². The molecular weight excluding hydrogens is 276 g/mol. The lowest BCUT2D eigenvalue weighted by Gasteiger charge is -2.29. The topological polar surface area (TPSA) is 81.9 Å². The maximum Gasteiger partial charge on any atom is 0.270 e. The van der Waals surface area contributed by atoms with Gasteiger partial charge >= 0.3 is 0 Å². The first kappa shape index (κ1) is 13.6. The number of carbonyl (C=O) groups excluding carboxylic acids is 1. The second-order valence-electron chi connectivity index (χ2n) is 4.90. The molecule has 3 rings (SSSR count). The zero-order valence-electron chi connectivity index (χ0n) is 11.3. The van der Waals surface area contributed by atoms with Crippen molar-refractivity contribution in [2.45, 2.75) is 13.0 Å². The molecule has 0 aromatic heterocycles. The van der Waals surface area contributed by atoms with Crippen LogP contribution in [0.5, 0.6) is 5.75 Å². The third-order valence-electron chi connectivity index (χ3n) is 3.51. The Morgan fingerprint density at radius 1 is 1.38 bits per heavy atom. The number of fused-ring (bicyclic) bond motifs is 1. The summed E-state index contributed by atoms with van der Waals surface area (Å²) < 4.78 is 10.5. The number of nitro benzene ring substituents is 1. The fraction of sp³-hybridized carbons (Fsp3) is 0.357. The smallest absolute Gasteiger partial charge is 0.270 e. The molecule has 0 atom stereocenters. The molecule has 1 aromatic rings. The molecule has 2 aliphatic heterocycles. The van der Waals surface area contributed by atoms with Gasteiger partial charge in [0.05, 0.1) is 11.5 Å². The van der Waals surface area contributed by atoms with E-state index in [9.17, 15) is 14.9 Å². The van der Waals surface area contributed by atoms with Crippen molar-refractivity contribution in [2.24, 2.45) is 0 Å². The van der Waals surface area contributed by atoms with Crippen LogP contribution in [0.4, 0.5) is 5.69 Å². The highest BCUT2D eigenvalue weighted by atomic mass is 16.7. The van der Waals surface area contributed by atoms with Crippen LogP contribution < -0.4 is 4.74 Å². The summed E-state index contributed by atoms with van der Waals surface area (Å²) in [5, 5.41) is 11.0. The molecule has 1 aromatic carbocycles. The van der Waals surface area contributed by atoms with Gasteiger partial charge in [-0.25, -0.2) is 0 Å². The van der Waals surface area contributed by atoms with E-state index in [2.05, 4.69) is 0 Å². The van der Waals surface area contributed by atoms with Crippen LogP contribution in [0.3, 0.4) is 0 Å². The molecule has 2 aliphatic rings. The van der Waals surface area contributed by atoms with E-state index in [1.54, 1.807) is 11.0 Å². The predicted molar refractivity (Wildman–Crippen MR) is 73.6 cm³/mol. The van der Waals surface area contributed by atoms with Gasteiger partial charge in [-0.1, -0.05) is 0 Å². The molecule has 21 heavy (non-hydrogen) atoms. The van der Waals surface area contributed by atoms with Gasteiger partial charge in [0.2, 0.25) is 5.91 Å². The Labute approximate surface area is 120 Å². The van der Waals surface area contributed by atoms with E-state index in [1.807, 2.05) is 0 Å². The van der Waals surface area contributed by atoms with Crippen molar-refractivity contribution in [1.29, 1.82) is 0 Å². The van der Waals surface area contributed by atoms with Crippen molar-refractivity contribution in [2.75, 3.05) is 19.9 Å². The number of rotatable bonds is 3. The molecule has 110 valence electrons. The largest absolute Gasteiger partial charge is 0.467 e. The fourth-order valence-corrected chi connectivity index (χ4v) is 2.26. The summed E-state index contributed by atoms with van der Waals surface area (Å²) in [4.78, 5) is 24.0. The normalized spacial score (nSPS) is 17.0. The number of hydrogen-bond acceptors (Lipinski definition) is 5. The van der Waals surface area contributed by atoms with E-state index in [4.69, 9.17) is 9.47 Å². The highest BCUT2D eigenvalue weighted by Crippen LogP contribution is 2.33. The average Bonchev–Trinajstić information content (AvgIpc) is 2.42. The molecule has 0 aliphatic carbocycles. The summed E-state index contributed by atoms with van der Waals surface area (Å²) in [6.07, 6.45) is 4.02. The number of hydrogen-bond donors (Lipinski definition) is 0. The van der Waals surface area contributed by atoms with Gasteiger partial charge in [-0.05, 0) is 12.5 Å². The number of nitro groups is 1. The Bertz CT molecular complexity index is 622. The van der Waals surface area contributed by atoms with Crippen LogP contribution in [0.15, 0.2) is 18.2 Å². The fourth-order valence-electron chi connectivity index (χ4n) is 2.26. The molecule has 7 nitrogen and oxygen atoms in total. The average molecular weight is 290 g/mol. The molecule has 0 spiro atoms. The SMILES string of the molecule is O=C(/C=C/c1cc([N+](=O)[O-])cc2c1OCOC2)N1CCC1. The lowest BCUT2D eigenvalue weighted by atomic mass is 10.1. The minimum absolute atomic E-state index is 0.0427. The van der Waals surface area contributed by atoms with E-state index in [0.29, 0.717) is 16.9 Å². The molecule has 1 saturated heterocycles. The van der Waals surface area contributed by atoms with E-state index in [0.717, 1.165) is 19.5 Å². The molecule has 0 radical (unpaired) electrons. The van der Waals surface area contributed by atoms with Crippen LogP contribution in [-0.4, -0.2) is 35.6 Å². The summed E-state index contributed by atoms with van der Waals surface area (Å²) in [5.74, 6) is 0.452. The minimum atomic E-state index is -0.469. The first-order valence-electron chi connectivity index (χ1n) is 6.64. The summed E-state index contributed by atoms with van der Waals surface area (Å²) >= 11 is 0. The number of nitrogens with zero attached hydrogens (tertiary/aromatic N) is 2. The van der Waals surface area contributed by atoms with Gasteiger partial charge < -0.3 is 14.4 Å². The van der Waals surface area contributed by atoms with Crippen LogP contribution in [0.1, 0.15) is 17.5 Å². The standard InChI is InChI=1S/C14H14N2O5/c17-13(15-4-1-5-15)3-2-10-6-12(16(18)19)7-11-8-20-9-21-14(10)11/h2-3,6-7H,1,4-5,8-9H2/b3-2+. The molecule has 0 unspecified atom stereocenters. The Balaban J connectivity index is 1.91. The molecule has 2 heterocycles. The predicted octanol–water partition coefficient (Wildman–Crippen LogP) is 1.71. The summed E-state index contributed by atoms with van der Waals surface area (Å²) in [6, 6.07) is 2.84. The van der Waals surface area contributed by atoms with Crippen molar-refractivity contribution in [3.05, 3.63) is 39.4 Å². The quantitative estimate of drug-likeness (QED) is 0.481. The van der Waals surface area contributed by atoms with Crippen LogP contribution in [-0.2, 0) is 16.1 Å². The van der Waals surface area contributed by atoms with Crippen molar-refractivity contribution in [3.8, 4) is 5.75 Å². The second kappa shape index (κ2) is 5.53. The van der Waals surface area contributed by atoms with E-state index < -0.39 is 4.92 Å². The first-order valence-corrected chi connectivity index (χ1v) is 6.64. The second-order valence-corrected chi connectivity index (χ2v) is 4.90. The lowest BCUT2D eigenvalue weighted by molar-refractivity contribution is -0.385. The molecule has 0 saturated carbocycles. The molecule has 7 heteroatoms. The number of ether oxygens (including phenoxy) is 2. The minimum Gasteiger partial charge on any atom is -0.467 e. The van der Waals surface area contributed by atoms with Gasteiger partial charge in [0.15, 0.2) is 6.79 Å². The van der Waals surface area contributed by atoms with E-state index in [1.165, 1.54) is 18.2 Å². The Morgan fingerprint density at radius 3 is 2.86 bits per heavy atom. The number of amides is 1. The van der Waals surface area contributed by atoms with Crippen molar-refractivity contribution >= 4 is 17.7 Å². The number of benzene rings is 1. The highest BCUT2D eigenvalue weighted by Gasteiger charge is 2.21. The number of carbonyl (C=O) groups is 1. The van der Waals surface area contributed by atoms with Crippen LogP contribution in [0.2, 0.25) is 0 Å². The lowest BCUT2D eigenvalue weighted by Crippen LogP contribution is -2.40. The number of non-ortho nitro benzene ring substituents is 1. The maximum atomic E-state index is 11.8. The summed E-state index contributed by atoms with van der Waals surface area (Å²) in [5.41, 5.74) is 1.10. The molecular formula is C14H14N2O5. The van der Waals surface area contributed by atoms with E-state index in [-0.39, 0.29) is 25.0 Å². The summed E-state index contributed by atoms with van der Waals surface area (Å²) in [7, 11) is 0. The third kappa shape index (κ3) is 2.73. The van der Waals surface area contributed by atoms with E-state index >= 15 is 0 Å². The zero-order valence-corrected chi connectivity index (χ0v) is 11.3. The summed E-state index contributed by atoms with van der Waals surface area (Å²) in [6.45, 7) is 1.89. The van der Waals surface area contributed by atoms with Crippen molar-refractivity contribution in [1.82, 2.24) is 4.90 Å². The Morgan fingerprint density at radius 2 is 2.19 bits per heavy atom. The monoisotopic (exact) mass is 290 g/mol. The number of likely N-dealkylation sites (tertiary alicyclic amines) is 1. The van der Waals surface area contributed by atoms with Gasteiger partial charge in [-0.2, -0.15) is 0 Å². The molecule has 1 fully saturated rings. The van der Waals surface area contributed by atoms with Crippen LogP contribution >= 0.6 is 0 Å². The Hall–Kier alpha value is -2.41. The first-order chi connectivity index (χ1) is 10.1. The Kier molecular flexibility index (Phi) is 3.57. The maximum absolute atomic E-state index is 11.8. The molecule has 1 amide bonds. The van der Waals surface area contributed by atoms with Gasteiger partial charge in [0.1, 0.15) is 5.75 Å². The van der Waals surface area contributed by atoms with Gasteiger partial charge in [0, 0.05) is 42.4 Å². The highest BCUT2D eigenvalue weighted by molar-refractivity contribution is 5.92. The van der Waals surface area contributed by atoms with Crippen molar-refractivity contribution in [3.63, 3.8) is 0 Å².